The van der Waals surface area contributed by atoms with Gasteiger partial charge in [0.1, 0.15) is 6.04 Å². The Balaban J connectivity index is 2.24. The maximum absolute atomic E-state index is 12.1. The molecule has 2 rings (SSSR count). The van der Waals surface area contributed by atoms with E-state index in [9.17, 15) is 14.4 Å². The number of benzene rings is 1. The van der Waals surface area contributed by atoms with Gasteiger partial charge in [0.25, 0.3) is 5.91 Å². The van der Waals surface area contributed by atoms with Crippen LogP contribution in [0.4, 0.5) is 4.79 Å². The normalized spacial score (nSPS) is 17.1. The van der Waals surface area contributed by atoms with Gasteiger partial charge in [-0.05, 0) is 23.8 Å². The molecule has 114 valence electrons. The molecule has 1 atom stereocenters. The lowest BCUT2D eigenvalue weighted by Gasteiger charge is -2.14. The van der Waals surface area contributed by atoms with Gasteiger partial charge in [-0.2, -0.15) is 0 Å². The zero-order valence-corrected chi connectivity index (χ0v) is 12.5. The monoisotopic (exact) mass is 320 g/mol. The summed E-state index contributed by atoms with van der Waals surface area (Å²) in [6.07, 6.45) is 5.28. The van der Waals surface area contributed by atoms with Gasteiger partial charge in [0.2, 0.25) is 0 Å². The van der Waals surface area contributed by atoms with Crippen LogP contribution in [-0.2, 0) is 16.1 Å². The number of hydrogen-bond acceptors (Lipinski definition) is 4. The Kier molecular flexibility index (Phi) is 4.68. The fraction of sp³-hybridized carbons (Fsp3) is 0.267. The van der Waals surface area contributed by atoms with Crippen molar-refractivity contribution in [3.8, 4) is 12.3 Å². The Labute approximate surface area is 132 Å². The van der Waals surface area contributed by atoms with Gasteiger partial charge in [-0.25, -0.2) is 9.59 Å². The van der Waals surface area contributed by atoms with Crippen molar-refractivity contribution in [3.05, 3.63) is 34.3 Å². The highest BCUT2D eigenvalue weighted by atomic mass is 35.5. The van der Waals surface area contributed by atoms with Crippen molar-refractivity contribution < 1.29 is 19.1 Å². The topological polar surface area (TPSA) is 75.7 Å². The van der Waals surface area contributed by atoms with Crippen molar-refractivity contribution in [1.82, 2.24) is 10.2 Å². The Morgan fingerprint density at radius 3 is 2.86 bits per heavy atom. The molecule has 1 aliphatic heterocycles. The summed E-state index contributed by atoms with van der Waals surface area (Å²) in [6, 6.07) is 3.25. The Morgan fingerprint density at radius 2 is 2.23 bits per heavy atom. The summed E-state index contributed by atoms with van der Waals surface area (Å²) in [5.41, 5.74) is 0.753. The quantitative estimate of drug-likeness (QED) is 0.519. The number of esters is 1. The van der Waals surface area contributed by atoms with Crippen LogP contribution in [0.2, 0.25) is 5.02 Å². The second-order valence-electron chi connectivity index (χ2n) is 4.63. The third-order valence-corrected chi connectivity index (χ3v) is 3.59. The minimum absolute atomic E-state index is 0.0462. The van der Waals surface area contributed by atoms with Crippen molar-refractivity contribution in [3.63, 3.8) is 0 Å². The van der Waals surface area contributed by atoms with Crippen molar-refractivity contribution in [1.29, 1.82) is 0 Å². The summed E-state index contributed by atoms with van der Waals surface area (Å²) in [5.74, 6) is 1.40. The second-order valence-corrected chi connectivity index (χ2v) is 5.04. The third-order valence-electron chi connectivity index (χ3n) is 3.22. The van der Waals surface area contributed by atoms with E-state index in [0.717, 1.165) is 4.90 Å². The van der Waals surface area contributed by atoms with Crippen molar-refractivity contribution in [2.75, 3.05) is 7.11 Å². The standard InChI is InChI=1S/C15H13ClN2O4/c1-3-4-12-13(19)18(15(21)17-12)8-10-7-9(14(20)22-2)5-6-11(10)16/h1,5-7,12H,4,8H2,2H3,(H,17,21). The number of amides is 3. The molecule has 1 aliphatic rings. The molecule has 0 radical (unpaired) electrons. The fourth-order valence-electron chi connectivity index (χ4n) is 2.09. The van der Waals surface area contributed by atoms with Gasteiger partial charge >= 0.3 is 12.0 Å². The average molecular weight is 321 g/mol. The molecule has 1 saturated heterocycles. The molecule has 0 aromatic heterocycles. The Hall–Kier alpha value is -2.52. The molecular formula is C15H13ClN2O4. The molecule has 1 aromatic rings. The number of nitrogens with zero attached hydrogens (tertiary/aromatic N) is 1. The largest absolute Gasteiger partial charge is 0.465 e. The van der Waals surface area contributed by atoms with E-state index < -0.39 is 23.9 Å². The first-order valence-electron chi connectivity index (χ1n) is 6.40. The van der Waals surface area contributed by atoms with Crippen LogP contribution in [-0.4, -0.2) is 36.0 Å². The molecule has 1 fully saturated rings. The first-order valence-corrected chi connectivity index (χ1v) is 6.77. The van der Waals surface area contributed by atoms with E-state index in [0.29, 0.717) is 10.6 Å². The van der Waals surface area contributed by atoms with E-state index in [-0.39, 0.29) is 18.5 Å². The fourth-order valence-corrected chi connectivity index (χ4v) is 2.27. The number of halogens is 1. The van der Waals surface area contributed by atoms with Crippen LogP contribution in [0.15, 0.2) is 18.2 Å². The highest BCUT2D eigenvalue weighted by Crippen LogP contribution is 2.22. The molecule has 1 unspecified atom stereocenters. The molecular weight excluding hydrogens is 308 g/mol. The highest BCUT2D eigenvalue weighted by molar-refractivity contribution is 6.31. The molecule has 1 N–H and O–H groups in total. The molecule has 0 aliphatic carbocycles. The van der Waals surface area contributed by atoms with E-state index >= 15 is 0 Å². The smallest absolute Gasteiger partial charge is 0.337 e. The first-order chi connectivity index (χ1) is 10.5. The van der Waals surface area contributed by atoms with E-state index in [1.54, 1.807) is 0 Å². The Morgan fingerprint density at radius 1 is 1.50 bits per heavy atom. The second kappa shape index (κ2) is 6.50. The molecule has 1 aromatic carbocycles. The average Bonchev–Trinajstić information content (AvgIpc) is 2.76. The van der Waals surface area contributed by atoms with Crippen molar-refractivity contribution in [2.24, 2.45) is 0 Å². The molecule has 6 nitrogen and oxygen atoms in total. The molecule has 22 heavy (non-hydrogen) atoms. The lowest BCUT2D eigenvalue weighted by Crippen LogP contribution is -2.31. The minimum Gasteiger partial charge on any atom is -0.465 e. The summed E-state index contributed by atoms with van der Waals surface area (Å²) >= 11 is 6.06. The van der Waals surface area contributed by atoms with Crippen LogP contribution in [0, 0.1) is 12.3 Å². The summed E-state index contributed by atoms with van der Waals surface area (Å²) in [4.78, 5) is 36.5. The number of hydrogen-bond donors (Lipinski definition) is 1. The van der Waals surface area contributed by atoms with Crippen LogP contribution >= 0.6 is 11.6 Å². The number of carbonyl (C=O) groups excluding carboxylic acids is 3. The zero-order valence-electron chi connectivity index (χ0n) is 11.8. The number of nitrogens with one attached hydrogen (secondary N) is 1. The van der Waals surface area contributed by atoms with Crippen LogP contribution in [0.25, 0.3) is 0 Å². The summed E-state index contributed by atoms with van der Waals surface area (Å²) in [5, 5.41) is 2.84. The first kappa shape index (κ1) is 15.9. The molecule has 7 heteroatoms. The summed E-state index contributed by atoms with van der Waals surface area (Å²) < 4.78 is 4.63. The van der Waals surface area contributed by atoms with Gasteiger partial charge in [-0.3, -0.25) is 9.69 Å². The van der Waals surface area contributed by atoms with Gasteiger partial charge < -0.3 is 10.1 Å². The minimum atomic E-state index is -0.722. The maximum Gasteiger partial charge on any atom is 0.337 e. The van der Waals surface area contributed by atoms with Crippen LogP contribution in [0.3, 0.4) is 0 Å². The third kappa shape index (κ3) is 3.05. The number of ether oxygens (including phenoxy) is 1. The summed E-state index contributed by atoms with van der Waals surface area (Å²) in [7, 11) is 1.26. The van der Waals surface area contributed by atoms with E-state index in [1.165, 1.54) is 25.3 Å². The number of imide groups is 1. The number of carbonyl (C=O) groups is 3. The van der Waals surface area contributed by atoms with Gasteiger partial charge in [0.15, 0.2) is 0 Å². The SMILES string of the molecule is C#CCC1NC(=O)N(Cc2cc(C(=O)OC)ccc2Cl)C1=O. The maximum atomic E-state index is 12.1. The van der Waals surface area contributed by atoms with Gasteiger partial charge in [0.05, 0.1) is 19.2 Å². The van der Waals surface area contributed by atoms with Crippen LogP contribution < -0.4 is 5.32 Å². The van der Waals surface area contributed by atoms with Crippen molar-refractivity contribution in [2.45, 2.75) is 19.0 Å². The summed E-state index contributed by atoms with van der Waals surface area (Å²) in [6.45, 7) is -0.0462. The zero-order chi connectivity index (χ0) is 16.3. The number of urea groups is 1. The molecule has 1 heterocycles. The van der Waals surface area contributed by atoms with E-state index in [1.807, 2.05) is 0 Å². The predicted octanol–water partition coefficient (Wildman–Crippen LogP) is 1.57. The highest BCUT2D eigenvalue weighted by Gasteiger charge is 2.37. The van der Waals surface area contributed by atoms with Crippen molar-refractivity contribution >= 4 is 29.5 Å². The van der Waals surface area contributed by atoms with Gasteiger partial charge in [-0.1, -0.05) is 11.6 Å². The Bertz CT molecular complexity index is 681. The number of terminal acetylenes is 1. The molecule has 3 amide bonds. The molecule has 0 bridgehead atoms. The number of rotatable bonds is 4. The van der Waals surface area contributed by atoms with Crippen LogP contribution in [0.1, 0.15) is 22.3 Å². The van der Waals surface area contributed by atoms with Crippen LogP contribution in [0.5, 0.6) is 0 Å². The predicted molar refractivity (Wildman–Crippen MR) is 79.1 cm³/mol. The lowest BCUT2D eigenvalue weighted by molar-refractivity contribution is -0.127. The lowest BCUT2D eigenvalue weighted by atomic mass is 10.1. The molecule has 0 saturated carbocycles. The molecule has 0 spiro atoms. The van der Waals surface area contributed by atoms with Gasteiger partial charge in [-0.15, -0.1) is 12.3 Å². The van der Waals surface area contributed by atoms with E-state index in [4.69, 9.17) is 18.0 Å². The number of methoxy groups -OCH3 is 1. The van der Waals surface area contributed by atoms with E-state index in [2.05, 4.69) is 16.0 Å². The van der Waals surface area contributed by atoms with Gasteiger partial charge in [0, 0.05) is 11.4 Å².